The van der Waals surface area contributed by atoms with E-state index in [1.807, 2.05) is 6.20 Å². The largest absolute Gasteiger partial charge is 0.383 e. The van der Waals surface area contributed by atoms with Crippen molar-refractivity contribution in [3.63, 3.8) is 0 Å². The third kappa shape index (κ3) is 2.54. The minimum absolute atomic E-state index is 0.622. The Labute approximate surface area is 107 Å². The van der Waals surface area contributed by atoms with Crippen molar-refractivity contribution in [2.45, 2.75) is 18.9 Å². The van der Waals surface area contributed by atoms with Gasteiger partial charge in [0, 0.05) is 18.3 Å². The molecule has 4 heteroatoms. The van der Waals surface area contributed by atoms with Gasteiger partial charge in [-0.1, -0.05) is 12.1 Å². The average molecular weight is 242 g/mol. The lowest BCUT2D eigenvalue weighted by Crippen LogP contribution is -2.29. The van der Waals surface area contributed by atoms with Crippen LogP contribution < -0.4 is 10.6 Å². The molecule has 18 heavy (non-hydrogen) atoms. The summed E-state index contributed by atoms with van der Waals surface area (Å²) in [5.41, 5.74) is 3.39. The third-order valence-electron chi connectivity index (χ3n) is 3.41. The number of aromatic nitrogens is 2. The highest BCUT2D eigenvalue weighted by Gasteiger charge is 2.12. The Morgan fingerprint density at radius 3 is 2.83 bits per heavy atom. The summed E-state index contributed by atoms with van der Waals surface area (Å²) in [6, 6.07) is 9.07. The fourth-order valence-corrected chi connectivity index (χ4v) is 2.35. The molecule has 3 N–H and O–H groups in total. The number of nitrogens with zero attached hydrogens (tertiary/aromatic N) is 1. The molecule has 0 spiro atoms. The molecule has 0 saturated carbocycles. The Morgan fingerprint density at radius 2 is 2.17 bits per heavy atom. The van der Waals surface area contributed by atoms with Crippen molar-refractivity contribution < 1.29 is 0 Å². The van der Waals surface area contributed by atoms with Crippen molar-refractivity contribution in [2.24, 2.45) is 0 Å². The van der Waals surface area contributed by atoms with Crippen LogP contribution in [0.25, 0.3) is 11.3 Å². The first kappa shape index (κ1) is 11.3. The average Bonchev–Trinajstić information content (AvgIpc) is 3.10. The van der Waals surface area contributed by atoms with Crippen LogP contribution in [0.4, 0.5) is 5.69 Å². The fourth-order valence-electron chi connectivity index (χ4n) is 2.35. The van der Waals surface area contributed by atoms with Gasteiger partial charge < -0.3 is 15.6 Å². The summed E-state index contributed by atoms with van der Waals surface area (Å²) in [5, 5.41) is 6.96. The Morgan fingerprint density at radius 1 is 1.28 bits per heavy atom. The Balaban J connectivity index is 1.60. The van der Waals surface area contributed by atoms with E-state index in [-0.39, 0.29) is 0 Å². The molecule has 4 nitrogen and oxygen atoms in total. The van der Waals surface area contributed by atoms with Crippen LogP contribution in [-0.4, -0.2) is 29.1 Å². The number of imidazole rings is 1. The molecule has 2 aromatic rings. The smallest absolute Gasteiger partial charge is 0.0924 e. The van der Waals surface area contributed by atoms with Crippen molar-refractivity contribution in [1.29, 1.82) is 0 Å². The van der Waals surface area contributed by atoms with Gasteiger partial charge in [-0.25, -0.2) is 4.98 Å². The standard InChI is InChI=1S/C14H18N4/c1-2-13(16-7-1)8-17-12-5-3-11(4-6-12)14-9-15-10-18-14/h3-6,9-10,13,16-17H,1-2,7-8H2,(H,15,18). The van der Waals surface area contributed by atoms with E-state index in [1.54, 1.807) is 6.33 Å². The Hall–Kier alpha value is -1.81. The molecule has 1 aromatic carbocycles. The first-order valence-electron chi connectivity index (χ1n) is 6.48. The maximum absolute atomic E-state index is 4.03. The number of nitrogens with one attached hydrogen (secondary N) is 3. The van der Waals surface area contributed by atoms with Crippen LogP contribution in [0.2, 0.25) is 0 Å². The van der Waals surface area contributed by atoms with Crippen LogP contribution in [0.1, 0.15) is 12.8 Å². The lowest BCUT2D eigenvalue weighted by atomic mass is 10.1. The second-order valence-electron chi connectivity index (χ2n) is 4.72. The number of anilines is 1. The van der Waals surface area contributed by atoms with Crippen LogP contribution in [0.3, 0.4) is 0 Å². The van der Waals surface area contributed by atoms with Crippen molar-refractivity contribution in [2.75, 3.05) is 18.4 Å². The number of hydrogen-bond donors (Lipinski definition) is 3. The molecule has 0 aliphatic carbocycles. The molecule has 1 atom stereocenters. The molecule has 0 amide bonds. The predicted molar refractivity (Wildman–Crippen MR) is 73.5 cm³/mol. The molecule has 0 radical (unpaired) electrons. The van der Waals surface area contributed by atoms with Crippen molar-refractivity contribution in [1.82, 2.24) is 15.3 Å². The normalized spacial score (nSPS) is 19.0. The molecule has 94 valence electrons. The summed E-state index contributed by atoms with van der Waals surface area (Å²) < 4.78 is 0. The van der Waals surface area contributed by atoms with E-state index < -0.39 is 0 Å². The van der Waals surface area contributed by atoms with Gasteiger partial charge in [0.25, 0.3) is 0 Å². The van der Waals surface area contributed by atoms with Gasteiger partial charge in [0.1, 0.15) is 0 Å². The molecule has 1 aliphatic rings. The SMILES string of the molecule is c1ncc(-c2ccc(NCC3CCCN3)cc2)[nH]1. The summed E-state index contributed by atoms with van der Waals surface area (Å²) in [5.74, 6) is 0. The molecule has 1 aromatic heterocycles. The maximum atomic E-state index is 4.03. The van der Waals surface area contributed by atoms with E-state index in [4.69, 9.17) is 0 Å². The van der Waals surface area contributed by atoms with Gasteiger partial charge in [-0.15, -0.1) is 0 Å². The quantitative estimate of drug-likeness (QED) is 0.770. The van der Waals surface area contributed by atoms with E-state index >= 15 is 0 Å². The van der Waals surface area contributed by atoms with Crippen molar-refractivity contribution in [3.8, 4) is 11.3 Å². The molecule has 3 rings (SSSR count). The number of aromatic amines is 1. The van der Waals surface area contributed by atoms with Gasteiger partial charge in [-0.05, 0) is 37.1 Å². The second-order valence-corrected chi connectivity index (χ2v) is 4.72. The molecule has 1 fully saturated rings. The zero-order valence-corrected chi connectivity index (χ0v) is 10.3. The first-order chi connectivity index (χ1) is 8.92. The van der Waals surface area contributed by atoms with E-state index in [0.29, 0.717) is 6.04 Å². The summed E-state index contributed by atoms with van der Waals surface area (Å²) in [6.45, 7) is 2.16. The van der Waals surface area contributed by atoms with E-state index in [2.05, 4.69) is 44.9 Å². The van der Waals surface area contributed by atoms with Gasteiger partial charge in [0.2, 0.25) is 0 Å². The van der Waals surface area contributed by atoms with Gasteiger partial charge in [-0.3, -0.25) is 0 Å². The molecule has 2 heterocycles. The van der Waals surface area contributed by atoms with Crippen molar-refractivity contribution in [3.05, 3.63) is 36.8 Å². The lowest BCUT2D eigenvalue weighted by molar-refractivity contribution is 0.633. The predicted octanol–water partition coefficient (Wildman–Crippen LogP) is 2.24. The van der Waals surface area contributed by atoms with E-state index in [0.717, 1.165) is 24.3 Å². The minimum Gasteiger partial charge on any atom is -0.383 e. The number of rotatable bonds is 4. The second kappa shape index (κ2) is 5.23. The zero-order valence-electron chi connectivity index (χ0n) is 10.3. The first-order valence-corrected chi connectivity index (χ1v) is 6.48. The van der Waals surface area contributed by atoms with Crippen molar-refractivity contribution >= 4 is 5.69 Å². The highest BCUT2D eigenvalue weighted by molar-refractivity contribution is 5.61. The Bertz CT molecular complexity index is 469. The van der Waals surface area contributed by atoms with Gasteiger partial charge in [-0.2, -0.15) is 0 Å². The molecule has 1 saturated heterocycles. The monoisotopic (exact) mass is 242 g/mol. The van der Waals surface area contributed by atoms with Crippen LogP contribution in [0.15, 0.2) is 36.8 Å². The van der Waals surface area contributed by atoms with Crippen LogP contribution >= 0.6 is 0 Å². The fraction of sp³-hybridized carbons (Fsp3) is 0.357. The Kier molecular flexibility index (Phi) is 3.28. The van der Waals surface area contributed by atoms with Gasteiger partial charge in [0.05, 0.1) is 18.2 Å². The summed E-state index contributed by atoms with van der Waals surface area (Å²) >= 11 is 0. The molecular weight excluding hydrogens is 224 g/mol. The molecule has 1 aliphatic heterocycles. The summed E-state index contributed by atoms with van der Waals surface area (Å²) in [6.07, 6.45) is 6.11. The third-order valence-corrected chi connectivity index (χ3v) is 3.41. The molecule has 1 unspecified atom stereocenters. The lowest BCUT2D eigenvalue weighted by Gasteiger charge is -2.12. The summed E-state index contributed by atoms with van der Waals surface area (Å²) in [4.78, 5) is 7.14. The topological polar surface area (TPSA) is 52.7 Å². The van der Waals surface area contributed by atoms with E-state index in [9.17, 15) is 0 Å². The van der Waals surface area contributed by atoms with Crippen LogP contribution in [0.5, 0.6) is 0 Å². The van der Waals surface area contributed by atoms with Crippen LogP contribution in [0, 0.1) is 0 Å². The highest BCUT2D eigenvalue weighted by atomic mass is 15.0. The van der Waals surface area contributed by atoms with Crippen LogP contribution in [-0.2, 0) is 0 Å². The number of benzene rings is 1. The van der Waals surface area contributed by atoms with Gasteiger partial charge in [0.15, 0.2) is 0 Å². The molecular formula is C14H18N4. The number of H-pyrrole nitrogens is 1. The number of hydrogen-bond acceptors (Lipinski definition) is 3. The summed E-state index contributed by atoms with van der Waals surface area (Å²) in [7, 11) is 0. The highest BCUT2D eigenvalue weighted by Crippen LogP contribution is 2.19. The minimum atomic E-state index is 0.622. The van der Waals surface area contributed by atoms with E-state index in [1.165, 1.54) is 18.5 Å². The maximum Gasteiger partial charge on any atom is 0.0924 e. The molecule has 0 bridgehead atoms. The van der Waals surface area contributed by atoms with Gasteiger partial charge >= 0.3 is 0 Å². The zero-order chi connectivity index (χ0) is 12.2.